The predicted molar refractivity (Wildman–Crippen MR) is 108 cm³/mol. The minimum absolute atomic E-state index is 0.503. The van der Waals surface area contributed by atoms with Gasteiger partial charge in [0.25, 0.3) is 0 Å². The maximum atomic E-state index is 5.93. The number of nitrogens with zero attached hydrogens (tertiary/aromatic N) is 1. The van der Waals surface area contributed by atoms with E-state index in [1.54, 1.807) is 6.21 Å². The first-order valence-corrected chi connectivity index (χ1v) is 8.89. The smallest absolute Gasteiger partial charge is 0.128 e. The Morgan fingerprint density at radius 1 is 0.960 bits per heavy atom. The standard InChI is InChI=1S/C20H16BrClN2O/c21-17-7-5-15(6-8-17)14-25-20-4-2-1-3-16(20)13-23-24-19-11-9-18(22)10-12-19/h1-13,24H,14H2. The molecule has 126 valence electrons. The highest BCUT2D eigenvalue weighted by atomic mass is 79.9. The summed E-state index contributed by atoms with van der Waals surface area (Å²) in [6.07, 6.45) is 1.74. The molecule has 0 aromatic heterocycles. The monoisotopic (exact) mass is 414 g/mol. The van der Waals surface area contributed by atoms with Crippen molar-refractivity contribution in [3.63, 3.8) is 0 Å². The molecule has 3 aromatic rings. The molecule has 5 heteroatoms. The summed E-state index contributed by atoms with van der Waals surface area (Å²) in [6, 6.07) is 23.2. The van der Waals surface area contributed by atoms with Crippen molar-refractivity contribution in [2.75, 3.05) is 5.43 Å². The molecule has 0 saturated carbocycles. The van der Waals surface area contributed by atoms with Gasteiger partial charge < -0.3 is 4.74 Å². The van der Waals surface area contributed by atoms with Gasteiger partial charge in [-0.15, -0.1) is 0 Å². The Morgan fingerprint density at radius 2 is 1.68 bits per heavy atom. The van der Waals surface area contributed by atoms with Gasteiger partial charge in [-0.05, 0) is 54.1 Å². The molecule has 0 heterocycles. The Morgan fingerprint density at radius 3 is 2.44 bits per heavy atom. The molecule has 0 radical (unpaired) electrons. The first-order valence-electron chi connectivity index (χ1n) is 7.71. The Kier molecular flexibility index (Phi) is 6.09. The summed E-state index contributed by atoms with van der Waals surface area (Å²) in [5, 5.41) is 4.96. The zero-order valence-corrected chi connectivity index (χ0v) is 15.7. The molecule has 0 aliphatic rings. The van der Waals surface area contributed by atoms with Crippen LogP contribution in [0.1, 0.15) is 11.1 Å². The van der Waals surface area contributed by atoms with Crippen LogP contribution in [0.25, 0.3) is 0 Å². The van der Waals surface area contributed by atoms with Crippen molar-refractivity contribution >= 4 is 39.4 Å². The average Bonchev–Trinajstić information content (AvgIpc) is 2.64. The molecule has 3 rings (SSSR count). The third kappa shape index (κ3) is 5.34. The lowest BCUT2D eigenvalue weighted by molar-refractivity contribution is 0.306. The van der Waals surface area contributed by atoms with Crippen molar-refractivity contribution in [1.82, 2.24) is 0 Å². The summed E-state index contributed by atoms with van der Waals surface area (Å²) in [5.41, 5.74) is 5.86. The minimum atomic E-state index is 0.503. The molecular weight excluding hydrogens is 400 g/mol. The van der Waals surface area contributed by atoms with Gasteiger partial charge in [0, 0.05) is 15.1 Å². The van der Waals surface area contributed by atoms with Crippen molar-refractivity contribution < 1.29 is 4.74 Å². The zero-order chi connectivity index (χ0) is 17.5. The fourth-order valence-electron chi connectivity index (χ4n) is 2.16. The highest BCUT2D eigenvalue weighted by Crippen LogP contribution is 2.19. The molecule has 0 bridgehead atoms. The van der Waals surface area contributed by atoms with E-state index in [2.05, 4.69) is 26.5 Å². The van der Waals surface area contributed by atoms with Crippen molar-refractivity contribution in [3.8, 4) is 5.75 Å². The largest absolute Gasteiger partial charge is 0.488 e. The van der Waals surface area contributed by atoms with E-state index >= 15 is 0 Å². The van der Waals surface area contributed by atoms with Gasteiger partial charge in [0.05, 0.1) is 11.9 Å². The van der Waals surface area contributed by atoms with Gasteiger partial charge in [-0.3, -0.25) is 5.43 Å². The van der Waals surface area contributed by atoms with Gasteiger partial charge in [0.1, 0.15) is 12.4 Å². The molecule has 0 spiro atoms. The number of rotatable bonds is 6. The van der Waals surface area contributed by atoms with Crippen LogP contribution in [0, 0.1) is 0 Å². The van der Waals surface area contributed by atoms with E-state index in [4.69, 9.17) is 16.3 Å². The van der Waals surface area contributed by atoms with E-state index in [-0.39, 0.29) is 0 Å². The highest BCUT2D eigenvalue weighted by molar-refractivity contribution is 9.10. The van der Waals surface area contributed by atoms with Crippen LogP contribution in [0.15, 0.2) is 82.4 Å². The van der Waals surface area contributed by atoms with Gasteiger partial charge in [-0.2, -0.15) is 5.10 Å². The van der Waals surface area contributed by atoms with Crippen LogP contribution in [-0.2, 0) is 6.61 Å². The molecule has 0 aliphatic heterocycles. The second-order valence-corrected chi connectivity index (χ2v) is 6.68. The number of hydrogen-bond donors (Lipinski definition) is 1. The van der Waals surface area contributed by atoms with E-state index in [1.807, 2.05) is 72.8 Å². The van der Waals surface area contributed by atoms with Crippen LogP contribution < -0.4 is 10.2 Å². The molecule has 1 N–H and O–H groups in total. The second kappa shape index (κ2) is 8.70. The van der Waals surface area contributed by atoms with Crippen LogP contribution in [0.4, 0.5) is 5.69 Å². The lowest BCUT2D eigenvalue weighted by Gasteiger charge is -2.09. The Hall–Kier alpha value is -2.30. The Balaban J connectivity index is 1.64. The fourth-order valence-corrected chi connectivity index (χ4v) is 2.55. The number of hydrazone groups is 1. The number of benzene rings is 3. The van der Waals surface area contributed by atoms with E-state index in [1.165, 1.54) is 0 Å². The fraction of sp³-hybridized carbons (Fsp3) is 0.0500. The molecule has 0 aliphatic carbocycles. The third-order valence-electron chi connectivity index (χ3n) is 3.47. The number of anilines is 1. The van der Waals surface area contributed by atoms with E-state index in [9.17, 15) is 0 Å². The maximum Gasteiger partial charge on any atom is 0.128 e. The predicted octanol–water partition coefficient (Wildman–Crippen LogP) is 6.13. The third-order valence-corrected chi connectivity index (χ3v) is 4.25. The number of para-hydroxylation sites is 1. The van der Waals surface area contributed by atoms with Gasteiger partial charge in [-0.25, -0.2) is 0 Å². The highest BCUT2D eigenvalue weighted by Gasteiger charge is 2.01. The maximum absolute atomic E-state index is 5.93. The van der Waals surface area contributed by atoms with E-state index in [0.717, 1.165) is 27.0 Å². The second-order valence-electron chi connectivity index (χ2n) is 5.33. The lowest BCUT2D eigenvalue weighted by Crippen LogP contribution is -1.99. The number of nitrogens with one attached hydrogen (secondary N) is 1. The van der Waals surface area contributed by atoms with Crippen LogP contribution in [-0.4, -0.2) is 6.21 Å². The zero-order valence-electron chi connectivity index (χ0n) is 13.3. The molecule has 25 heavy (non-hydrogen) atoms. The SMILES string of the molecule is Clc1ccc(NN=Cc2ccccc2OCc2ccc(Br)cc2)cc1. The molecule has 0 unspecified atom stereocenters. The number of hydrogen-bond acceptors (Lipinski definition) is 3. The topological polar surface area (TPSA) is 33.6 Å². The summed E-state index contributed by atoms with van der Waals surface area (Å²) in [6.45, 7) is 0.503. The summed E-state index contributed by atoms with van der Waals surface area (Å²) in [5.74, 6) is 0.784. The van der Waals surface area contributed by atoms with Gasteiger partial charge in [-0.1, -0.05) is 51.8 Å². The number of ether oxygens (including phenoxy) is 1. The van der Waals surface area contributed by atoms with E-state index < -0.39 is 0 Å². The van der Waals surface area contributed by atoms with Gasteiger partial charge >= 0.3 is 0 Å². The van der Waals surface area contributed by atoms with Crippen molar-refractivity contribution in [2.24, 2.45) is 5.10 Å². The minimum Gasteiger partial charge on any atom is -0.488 e. The molecular formula is C20H16BrClN2O. The number of halogens is 2. The molecule has 0 fully saturated rings. The molecule has 0 amide bonds. The van der Waals surface area contributed by atoms with E-state index in [0.29, 0.717) is 11.6 Å². The summed E-state index contributed by atoms with van der Waals surface area (Å²) in [7, 11) is 0. The lowest BCUT2D eigenvalue weighted by atomic mass is 10.2. The molecule has 0 saturated heterocycles. The first kappa shape index (κ1) is 17.5. The van der Waals surface area contributed by atoms with Crippen molar-refractivity contribution in [1.29, 1.82) is 0 Å². The van der Waals surface area contributed by atoms with Crippen LogP contribution in [0.2, 0.25) is 5.02 Å². The first-order chi connectivity index (χ1) is 12.2. The summed E-state index contributed by atoms with van der Waals surface area (Å²) >= 11 is 9.30. The summed E-state index contributed by atoms with van der Waals surface area (Å²) < 4.78 is 6.98. The van der Waals surface area contributed by atoms with Crippen molar-refractivity contribution in [3.05, 3.63) is 93.4 Å². The molecule has 0 atom stereocenters. The van der Waals surface area contributed by atoms with Gasteiger partial charge in [0.2, 0.25) is 0 Å². The Labute approximate surface area is 160 Å². The quantitative estimate of drug-likeness (QED) is 0.388. The average molecular weight is 416 g/mol. The van der Waals surface area contributed by atoms with Crippen LogP contribution >= 0.6 is 27.5 Å². The van der Waals surface area contributed by atoms with Crippen molar-refractivity contribution in [2.45, 2.75) is 6.61 Å². The molecule has 3 aromatic carbocycles. The van der Waals surface area contributed by atoms with Crippen LogP contribution in [0.5, 0.6) is 5.75 Å². The Bertz CT molecular complexity index is 848. The van der Waals surface area contributed by atoms with Crippen LogP contribution in [0.3, 0.4) is 0 Å². The normalized spacial score (nSPS) is 10.8. The summed E-state index contributed by atoms with van der Waals surface area (Å²) in [4.78, 5) is 0. The molecule has 3 nitrogen and oxygen atoms in total. The van der Waals surface area contributed by atoms with Gasteiger partial charge in [0.15, 0.2) is 0 Å².